The number of aromatic nitrogens is 1. The number of hydrogen-bond acceptors (Lipinski definition) is 6. The minimum atomic E-state index is -0.00222. The normalized spacial score (nSPS) is 21.4. The monoisotopic (exact) mass is 483 g/mol. The Bertz CT molecular complexity index is 1050. The Balaban J connectivity index is 1.22. The fraction of sp³-hybridized carbons (Fsp3) is 0.560. The van der Waals surface area contributed by atoms with Gasteiger partial charge in [0.1, 0.15) is 4.88 Å². The van der Waals surface area contributed by atoms with E-state index in [1.807, 2.05) is 34.9 Å². The Labute approximate surface area is 204 Å². The SMILES string of the molecule is COC[C@H]1CCCN1C(=O)c1sc(N2CCC(N3CCc4ccccc4NC3=O)CC2)nc1C. The van der Waals surface area contributed by atoms with Crippen molar-refractivity contribution in [3.8, 4) is 0 Å². The van der Waals surface area contributed by atoms with Crippen molar-refractivity contribution in [1.82, 2.24) is 14.8 Å². The summed E-state index contributed by atoms with van der Waals surface area (Å²) >= 11 is 1.50. The van der Waals surface area contributed by atoms with Gasteiger partial charge in [-0.05, 0) is 50.7 Å². The fourth-order valence-electron chi connectivity index (χ4n) is 5.42. The van der Waals surface area contributed by atoms with Gasteiger partial charge in [0.05, 0.1) is 18.3 Å². The van der Waals surface area contributed by atoms with Gasteiger partial charge in [0, 0.05) is 45.0 Å². The standard InChI is InChI=1S/C25H33N5O3S/c1-17-22(23(31)29-12-5-7-20(29)16-33-2)34-25(26-17)28-13-10-19(11-14-28)30-15-9-18-6-3-4-8-21(18)27-24(30)32/h3-4,6,8,19-20H,5,7,9-16H2,1-2H3,(H,27,32)/t20-/m1/s1. The zero-order valence-electron chi connectivity index (χ0n) is 20.0. The van der Waals surface area contributed by atoms with Gasteiger partial charge in [0.2, 0.25) is 0 Å². The highest BCUT2D eigenvalue weighted by atomic mass is 32.1. The predicted octanol–water partition coefficient (Wildman–Crippen LogP) is 3.76. The lowest BCUT2D eigenvalue weighted by Crippen LogP contribution is -2.48. The second-order valence-corrected chi connectivity index (χ2v) is 10.4. The number of carbonyl (C=O) groups is 2. The summed E-state index contributed by atoms with van der Waals surface area (Å²) in [5.74, 6) is 0.0801. The van der Waals surface area contributed by atoms with Crippen LogP contribution in [0.3, 0.4) is 0 Å². The summed E-state index contributed by atoms with van der Waals surface area (Å²) in [6.45, 7) is 5.70. The number of piperidine rings is 1. The third kappa shape index (κ3) is 4.51. The molecule has 34 heavy (non-hydrogen) atoms. The molecule has 3 aliphatic rings. The number of carbonyl (C=O) groups excluding carboxylic acids is 2. The molecule has 182 valence electrons. The van der Waals surface area contributed by atoms with Crippen molar-refractivity contribution < 1.29 is 14.3 Å². The zero-order valence-corrected chi connectivity index (χ0v) is 20.8. The molecular formula is C25H33N5O3S. The highest BCUT2D eigenvalue weighted by Crippen LogP contribution is 2.32. The van der Waals surface area contributed by atoms with Gasteiger partial charge >= 0.3 is 6.03 Å². The number of thiazole rings is 1. The lowest BCUT2D eigenvalue weighted by molar-refractivity contribution is 0.0634. The maximum atomic E-state index is 13.2. The van der Waals surface area contributed by atoms with Crippen LogP contribution in [0.2, 0.25) is 0 Å². The van der Waals surface area contributed by atoms with Gasteiger partial charge < -0.3 is 24.8 Å². The molecule has 1 atom stereocenters. The molecule has 2 fully saturated rings. The van der Waals surface area contributed by atoms with Crippen LogP contribution in [0, 0.1) is 6.92 Å². The van der Waals surface area contributed by atoms with Gasteiger partial charge in [-0.2, -0.15) is 0 Å². The minimum Gasteiger partial charge on any atom is -0.383 e. The van der Waals surface area contributed by atoms with Crippen molar-refractivity contribution >= 4 is 34.1 Å². The molecule has 2 aromatic rings. The highest BCUT2D eigenvalue weighted by molar-refractivity contribution is 7.17. The third-order valence-electron chi connectivity index (χ3n) is 7.29. The summed E-state index contributed by atoms with van der Waals surface area (Å²) in [4.78, 5) is 37.9. The number of nitrogens with one attached hydrogen (secondary N) is 1. The lowest BCUT2D eigenvalue weighted by Gasteiger charge is -2.37. The number of para-hydroxylation sites is 1. The Morgan fingerprint density at radius 1 is 1.18 bits per heavy atom. The molecule has 0 bridgehead atoms. The first-order valence-corrected chi connectivity index (χ1v) is 13.0. The molecule has 4 heterocycles. The highest BCUT2D eigenvalue weighted by Gasteiger charge is 2.34. The van der Waals surface area contributed by atoms with Gasteiger partial charge in [-0.1, -0.05) is 29.5 Å². The number of likely N-dealkylation sites (tertiary alicyclic amines) is 1. The smallest absolute Gasteiger partial charge is 0.322 e. The van der Waals surface area contributed by atoms with E-state index in [2.05, 4.69) is 16.3 Å². The average molecular weight is 484 g/mol. The topological polar surface area (TPSA) is 78.0 Å². The van der Waals surface area contributed by atoms with E-state index in [0.717, 1.165) is 79.7 Å². The molecule has 0 radical (unpaired) electrons. The minimum absolute atomic E-state index is 0.00222. The molecule has 1 aromatic carbocycles. The number of benzene rings is 1. The molecule has 2 saturated heterocycles. The number of methoxy groups -OCH3 is 1. The van der Waals surface area contributed by atoms with Crippen LogP contribution in [0.1, 0.15) is 46.6 Å². The van der Waals surface area contributed by atoms with Crippen molar-refractivity contribution in [2.45, 2.75) is 51.1 Å². The van der Waals surface area contributed by atoms with Crippen LogP contribution < -0.4 is 10.2 Å². The molecule has 0 spiro atoms. The van der Waals surface area contributed by atoms with E-state index in [9.17, 15) is 9.59 Å². The Morgan fingerprint density at radius 2 is 1.97 bits per heavy atom. The number of urea groups is 1. The van der Waals surface area contributed by atoms with Gasteiger partial charge in [-0.3, -0.25) is 4.79 Å². The van der Waals surface area contributed by atoms with E-state index in [1.54, 1.807) is 7.11 Å². The molecule has 3 aliphatic heterocycles. The Hall–Kier alpha value is -2.65. The van der Waals surface area contributed by atoms with Gasteiger partial charge in [-0.25, -0.2) is 9.78 Å². The Kier molecular flexibility index (Phi) is 6.74. The van der Waals surface area contributed by atoms with Crippen LogP contribution in [0.25, 0.3) is 0 Å². The number of anilines is 2. The predicted molar refractivity (Wildman–Crippen MR) is 134 cm³/mol. The average Bonchev–Trinajstić information content (AvgIpc) is 3.42. The van der Waals surface area contributed by atoms with Crippen molar-refractivity contribution in [2.75, 3.05) is 50.1 Å². The maximum Gasteiger partial charge on any atom is 0.322 e. The molecule has 0 saturated carbocycles. The summed E-state index contributed by atoms with van der Waals surface area (Å²) in [7, 11) is 1.69. The van der Waals surface area contributed by atoms with Crippen molar-refractivity contribution in [3.63, 3.8) is 0 Å². The molecule has 5 rings (SSSR count). The van der Waals surface area contributed by atoms with Crippen LogP contribution in [-0.2, 0) is 11.2 Å². The maximum absolute atomic E-state index is 13.2. The first-order chi connectivity index (χ1) is 16.5. The van der Waals surface area contributed by atoms with Gasteiger partial charge in [0.25, 0.3) is 5.91 Å². The zero-order chi connectivity index (χ0) is 23.7. The van der Waals surface area contributed by atoms with Gasteiger partial charge in [0.15, 0.2) is 5.13 Å². The Morgan fingerprint density at radius 3 is 2.76 bits per heavy atom. The summed E-state index contributed by atoms with van der Waals surface area (Å²) in [5.41, 5.74) is 2.92. The van der Waals surface area contributed by atoms with Crippen LogP contribution >= 0.6 is 11.3 Å². The summed E-state index contributed by atoms with van der Waals surface area (Å²) in [5, 5.41) is 4.00. The van der Waals surface area contributed by atoms with Gasteiger partial charge in [-0.15, -0.1) is 0 Å². The number of fused-ring (bicyclic) bond motifs is 1. The number of amides is 3. The first kappa shape index (κ1) is 23.1. The molecule has 3 amide bonds. The summed E-state index contributed by atoms with van der Waals surface area (Å²) in [6.07, 6.45) is 4.67. The van der Waals surface area contributed by atoms with Crippen molar-refractivity contribution in [3.05, 3.63) is 40.4 Å². The molecule has 9 heteroatoms. The van der Waals surface area contributed by atoms with Crippen LogP contribution in [0.5, 0.6) is 0 Å². The van der Waals surface area contributed by atoms with E-state index in [0.29, 0.717) is 6.61 Å². The summed E-state index contributed by atoms with van der Waals surface area (Å²) < 4.78 is 5.32. The molecular weight excluding hydrogens is 450 g/mol. The number of rotatable bonds is 5. The molecule has 0 unspecified atom stereocenters. The van der Waals surface area contributed by atoms with E-state index in [-0.39, 0.29) is 24.0 Å². The van der Waals surface area contributed by atoms with E-state index in [1.165, 1.54) is 16.9 Å². The number of hydrogen-bond donors (Lipinski definition) is 1. The first-order valence-electron chi connectivity index (χ1n) is 12.2. The third-order valence-corrected chi connectivity index (χ3v) is 8.50. The number of nitrogens with zero attached hydrogens (tertiary/aromatic N) is 4. The van der Waals surface area contributed by atoms with E-state index < -0.39 is 0 Å². The molecule has 1 aromatic heterocycles. The summed E-state index contributed by atoms with van der Waals surface area (Å²) in [6, 6.07) is 8.42. The largest absolute Gasteiger partial charge is 0.383 e. The van der Waals surface area contributed by atoms with Crippen molar-refractivity contribution in [1.29, 1.82) is 0 Å². The van der Waals surface area contributed by atoms with E-state index in [4.69, 9.17) is 9.72 Å². The molecule has 8 nitrogen and oxygen atoms in total. The quantitative estimate of drug-likeness (QED) is 0.701. The number of aryl methyl sites for hydroxylation is 1. The second-order valence-electron chi connectivity index (χ2n) is 9.41. The van der Waals surface area contributed by atoms with Crippen LogP contribution in [0.4, 0.5) is 15.6 Å². The molecule has 0 aliphatic carbocycles. The van der Waals surface area contributed by atoms with Crippen molar-refractivity contribution in [2.24, 2.45) is 0 Å². The van der Waals surface area contributed by atoms with Crippen LogP contribution in [0.15, 0.2) is 24.3 Å². The molecule has 1 N–H and O–H groups in total. The second kappa shape index (κ2) is 9.92. The van der Waals surface area contributed by atoms with Crippen LogP contribution in [-0.4, -0.2) is 78.7 Å². The fourth-order valence-corrected chi connectivity index (χ4v) is 6.50. The number of ether oxygens (including phenoxy) is 1. The van der Waals surface area contributed by atoms with E-state index >= 15 is 0 Å². The lowest BCUT2D eigenvalue weighted by atomic mass is 10.0.